The molecule has 0 N–H and O–H groups in total. The number of nitrogens with zero attached hydrogens (tertiary/aromatic N) is 2. The van der Waals surface area contributed by atoms with Crippen molar-refractivity contribution in [2.45, 2.75) is 19.9 Å². The Kier molecular flexibility index (Phi) is 3.55. The van der Waals surface area contributed by atoms with Crippen LogP contribution in [0.15, 0.2) is 40.9 Å². The van der Waals surface area contributed by atoms with Crippen molar-refractivity contribution in [3.05, 3.63) is 52.7 Å². The quantitative estimate of drug-likeness (QED) is 0.798. The third-order valence-corrected chi connectivity index (χ3v) is 3.85. The topological polar surface area (TPSA) is 46.3 Å². The van der Waals surface area contributed by atoms with Gasteiger partial charge in [0.15, 0.2) is 5.76 Å². The third-order valence-electron chi connectivity index (χ3n) is 3.60. The Morgan fingerprint density at radius 1 is 1.38 bits per heavy atom. The Morgan fingerprint density at radius 3 is 2.76 bits per heavy atom. The van der Waals surface area contributed by atoms with Crippen molar-refractivity contribution in [1.29, 1.82) is 0 Å². The SMILES string of the molecule is C=C(C)C(=O)N1CCc2c(noc2-c2ccc(Cl)cc2)C1. The lowest BCUT2D eigenvalue weighted by molar-refractivity contribution is -0.128. The van der Waals surface area contributed by atoms with E-state index >= 15 is 0 Å². The molecule has 0 radical (unpaired) electrons. The molecule has 2 heterocycles. The first-order valence-electron chi connectivity index (χ1n) is 6.74. The van der Waals surface area contributed by atoms with E-state index in [4.69, 9.17) is 16.1 Å². The van der Waals surface area contributed by atoms with Crippen LogP contribution in [-0.4, -0.2) is 22.5 Å². The van der Waals surface area contributed by atoms with Crippen LogP contribution in [0.4, 0.5) is 0 Å². The monoisotopic (exact) mass is 302 g/mol. The van der Waals surface area contributed by atoms with E-state index in [-0.39, 0.29) is 5.91 Å². The molecule has 1 aromatic heterocycles. The summed E-state index contributed by atoms with van der Waals surface area (Å²) in [6.45, 7) is 6.55. The second-order valence-electron chi connectivity index (χ2n) is 5.20. The van der Waals surface area contributed by atoms with Crippen molar-refractivity contribution >= 4 is 17.5 Å². The number of rotatable bonds is 2. The first-order valence-corrected chi connectivity index (χ1v) is 7.12. The fourth-order valence-electron chi connectivity index (χ4n) is 2.50. The number of halogens is 1. The second-order valence-corrected chi connectivity index (χ2v) is 5.64. The van der Waals surface area contributed by atoms with Crippen molar-refractivity contribution in [3.8, 4) is 11.3 Å². The van der Waals surface area contributed by atoms with Crippen LogP contribution in [0.3, 0.4) is 0 Å². The standard InChI is InChI=1S/C16H15ClN2O2/c1-10(2)16(20)19-8-7-13-14(9-19)18-21-15(13)11-3-5-12(17)6-4-11/h3-6H,1,7-9H2,2H3. The Balaban J connectivity index is 1.89. The summed E-state index contributed by atoms with van der Waals surface area (Å²) in [5.41, 5.74) is 3.39. The maximum Gasteiger partial charge on any atom is 0.249 e. The number of carbonyl (C=O) groups excluding carboxylic acids is 1. The first-order chi connectivity index (χ1) is 10.1. The summed E-state index contributed by atoms with van der Waals surface area (Å²) in [5, 5.41) is 4.80. The summed E-state index contributed by atoms with van der Waals surface area (Å²) in [6.07, 6.45) is 0.732. The highest BCUT2D eigenvalue weighted by Gasteiger charge is 2.27. The lowest BCUT2D eigenvalue weighted by Gasteiger charge is -2.26. The van der Waals surface area contributed by atoms with Crippen LogP contribution in [-0.2, 0) is 17.8 Å². The molecule has 0 unspecified atom stereocenters. The van der Waals surface area contributed by atoms with Crippen molar-refractivity contribution in [3.63, 3.8) is 0 Å². The summed E-state index contributed by atoms with van der Waals surface area (Å²) in [4.78, 5) is 13.7. The molecule has 3 rings (SSSR count). The van der Waals surface area contributed by atoms with Crippen LogP contribution in [0, 0.1) is 0 Å². The van der Waals surface area contributed by atoms with E-state index in [0.29, 0.717) is 23.7 Å². The number of hydrogen-bond acceptors (Lipinski definition) is 3. The van der Waals surface area contributed by atoms with Crippen LogP contribution in [0.25, 0.3) is 11.3 Å². The van der Waals surface area contributed by atoms with Crippen LogP contribution < -0.4 is 0 Å². The Bertz CT molecular complexity index is 704. The third kappa shape index (κ3) is 2.59. The zero-order chi connectivity index (χ0) is 15.0. The number of fused-ring (bicyclic) bond motifs is 1. The van der Waals surface area contributed by atoms with E-state index in [9.17, 15) is 4.79 Å². The molecule has 0 spiro atoms. The minimum Gasteiger partial charge on any atom is -0.356 e. The highest BCUT2D eigenvalue weighted by Crippen LogP contribution is 2.31. The molecule has 1 aromatic carbocycles. The molecule has 2 aromatic rings. The summed E-state index contributed by atoms with van der Waals surface area (Å²) < 4.78 is 5.48. The number of carbonyl (C=O) groups is 1. The van der Waals surface area contributed by atoms with E-state index < -0.39 is 0 Å². The summed E-state index contributed by atoms with van der Waals surface area (Å²) >= 11 is 5.90. The van der Waals surface area contributed by atoms with Gasteiger partial charge >= 0.3 is 0 Å². The predicted molar refractivity (Wildman–Crippen MR) is 80.9 cm³/mol. The first kappa shape index (κ1) is 13.9. The van der Waals surface area contributed by atoms with Crippen LogP contribution in [0.1, 0.15) is 18.2 Å². The van der Waals surface area contributed by atoms with Gasteiger partial charge in [-0.15, -0.1) is 0 Å². The summed E-state index contributed by atoms with van der Waals surface area (Å²) in [6, 6.07) is 7.47. The molecule has 0 saturated heterocycles. The summed E-state index contributed by atoms with van der Waals surface area (Å²) in [5.74, 6) is 0.737. The summed E-state index contributed by atoms with van der Waals surface area (Å²) in [7, 11) is 0. The van der Waals surface area contributed by atoms with Gasteiger partial charge in [0.1, 0.15) is 5.69 Å². The smallest absolute Gasteiger partial charge is 0.249 e. The second kappa shape index (κ2) is 5.37. The number of aromatic nitrogens is 1. The Morgan fingerprint density at radius 2 is 2.10 bits per heavy atom. The van der Waals surface area contributed by atoms with E-state index in [0.717, 1.165) is 29.0 Å². The molecular weight excluding hydrogens is 288 g/mol. The van der Waals surface area contributed by atoms with Gasteiger partial charge in [-0.05, 0) is 37.6 Å². The van der Waals surface area contributed by atoms with E-state index in [1.54, 1.807) is 11.8 Å². The van der Waals surface area contributed by atoms with Crippen molar-refractivity contribution in [1.82, 2.24) is 10.1 Å². The molecule has 0 atom stereocenters. The van der Waals surface area contributed by atoms with Crippen LogP contribution in [0.5, 0.6) is 0 Å². The molecule has 5 heteroatoms. The molecular formula is C16H15ClN2O2. The lowest BCUT2D eigenvalue weighted by Crippen LogP contribution is -2.36. The van der Waals surface area contributed by atoms with Gasteiger partial charge in [-0.2, -0.15) is 0 Å². The maximum atomic E-state index is 12.0. The largest absolute Gasteiger partial charge is 0.356 e. The van der Waals surface area contributed by atoms with Gasteiger partial charge in [-0.1, -0.05) is 23.3 Å². The highest BCUT2D eigenvalue weighted by atomic mass is 35.5. The van der Waals surface area contributed by atoms with E-state index in [1.807, 2.05) is 24.3 Å². The highest BCUT2D eigenvalue weighted by molar-refractivity contribution is 6.30. The normalized spacial score (nSPS) is 13.9. The van der Waals surface area contributed by atoms with E-state index in [2.05, 4.69) is 11.7 Å². The fourth-order valence-corrected chi connectivity index (χ4v) is 2.63. The van der Waals surface area contributed by atoms with Gasteiger partial charge in [0.05, 0.1) is 6.54 Å². The van der Waals surface area contributed by atoms with Crippen molar-refractivity contribution in [2.24, 2.45) is 0 Å². The average molecular weight is 303 g/mol. The zero-order valence-electron chi connectivity index (χ0n) is 11.7. The Labute approximate surface area is 128 Å². The number of benzene rings is 1. The number of amides is 1. The molecule has 0 saturated carbocycles. The molecule has 1 aliphatic heterocycles. The Hall–Kier alpha value is -2.07. The van der Waals surface area contributed by atoms with Crippen LogP contribution in [0.2, 0.25) is 5.02 Å². The predicted octanol–water partition coefficient (Wildman–Crippen LogP) is 3.46. The van der Waals surface area contributed by atoms with Gasteiger partial charge in [0, 0.05) is 28.3 Å². The van der Waals surface area contributed by atoms with Gasteiger partial charge in [-0.3, -0.25) is 4.79 Å². The fraction of sp³-hybridized carbons (Fsp3) is 0.250. The van der Waals surface area contributed by atoms with Gasteiger partial charge in [0.25, 0.3) is 0 Å². The van der Waals surface area contributed by atoms with Gasteiger partial charge in [-0.25, -0.2) is 0 Å². The zero-order valence-corrected chi connectivity index (χ0v) is 12.5. The maximum absolute atomic E-state index is 12.0. The van der Waals surface area contributed by atoms with Gasteiger partial charge in [0.2, 0.25) is 5.91 Å². The lowest BCUT2D eigenvalue weighted by atomic mass is 10.0. The van der Waals surface area contributed by atoms with Crippen molar-refractivity contribution < 1.29 is 9.32 Å². The van der Waals surface area contributed by atoms with Crippen LogP contribution >= 0.6 is 11.6 Å². The molecule has 0 aliphatic carbocycles. The molecule has 0 fully saturated rings. The number of hydrogen-bond donors (Lipinski definition) is 0. The molecule has 4 nitrogen and oxygen atoms in total. The minimum atomic E-state index is -0.0308. The molecule has 21 heavy (non-hydrogen) atoms. The van der Waals surface area contributed by atoms with Crippen molar-refractivity contribution in [2.75, 3.05) is 6.54 Å². The van der Waals surface area contributed by atoms with E-state index in [1.165, 1.54) is 0 Å². The molecule has 0 bridgehead atoms. The molecule has 108 valence electrons. The molecule has 1 aliphatic rings. The average Bonchev–Trinajstić information content (AvgIpc) is 2.90. The minimum absolute atomic E-state index is 0.0308. The molecule has 1 amide bonds. The van der Waals surface area contributed by atoms with Gasteiger partial charge < -0.3 is 9.42 Å².